The largest absolute Gasteiger partial charge is 0.493 e. The maximum Gasteiger partial charge on any atom is 0.195 e. The number of aliphatic imine (C=N–C) groups is 1. The topological polar surface area (TPSA) is 64.1 Å². The van der Waals surface area contributed by atoms with Gasteiger partial charge in [0.05, 0.1) is 6.61 Å². The van der Waals surface area contributed by atoms with Crippen molar-refractivity contribution in [3.63, 3.8) is 0 Å². The monoisotopic (exact) mass is 323 g/mol. The highest BCUT2D eigenvalue weighted by molar-refractivity contribution is 5.93. The van der Waals surface area contributed by atoms with Crippen molar-refractivity contribution in [2.75, 3.05) is 52.4 Å². The molecule has 0 fully saturated rings. The molecule has 1 aromatic rings. The summed E-state index contributed by atoms with van der Waals surface area (Å²) < 4.78 is 16.0. The average molecular weight is 323 g/mol. The van der Waals surface area contributed by atoms with E-state index in [1.807, 2.05) is 31.2 Å². The molecule has 0 aliphatic heterocycles. The van der Waals surface area contributed by atoms with Crippen molar-refractivity contribution in [1.29, 1.82) is 0 Å². The molecule has 0 saturated heterocycles. The standard InChI is InChI=1S/C17H29N3O3/c1-4-22-12-6-10-19-17(18-2)20-15-8-5-9-16(14-15)23-13-7-11-21-3/h5,8-9,14H,4,6-7,10-13H2,1-3H3,(H2,18,19,20). The number of nitrogens with one attached hydrogen (secondary N) is 2. The predicted octanol–water partition coefficient (Wildman–Crippen LogP) is 2.52. The third kappa shape index (κ3) is 9.05. The second-order valence-corrected chi connectivity index (χ2v) is 4.90. The van der Waals surface area contributed by atoms with E-state index in [0.29, 0.717) is 13.2 Å². The Morgan fingerprint density at radius 3 is 2.78 bits per heavy atom. The summed E-state index contributed by atoms with van der Waals surface area (Å²) in [5, 5.41) is 6.51. The van der Waals surface area contributed by atoms with Crippen LogP contribution in [0.1, 0.15) is 19.8 Å². The van der Waals surface area contributed by atoms with Crippen molar-refractivity contribution in [1.82, 2.24) is 5.32 Å². The second kappa shape index (κ2) is 12.7. The fraction of sp³-hybridized carbons (Fsp3) is 0.588. The molecule has 0 aliphatic rings. The van der Waals surface area contributed by atoms with Gasteiger partial charge in [-0.05, 0) is 25.5 Å². The fourth-order valence-electron chi connectivity index (χ4n) is 1.90. The third-order valence-electron chi connectivity index (χ3n) is 3.04. The summed E-state index contributed by atoms with van der Waals surface area (Å²) in [6.45, 7) is 5.67. The quantitative estimate of drug-likeness (QED) is 0.372. The van der Waals surface area contributed by atoms with Gasteiger partial charge in [-0.1, -0.05) is 6.07 Å². The smallest absolute Gasteiger partial charge is 0.195 e. The SMILES string of the molecule is CCOCCCNC(=NC)Nc1cccc(OCCCOC)c1. The Morgan fingerprint density at radius 1 is 1.17 bits per heavy atom. The first-order chi connectivity index (χ1) is 11.3. The van der Waals surface area contributed by atoms with Gasteiger partial charge in [0.2, 0.25) is 0 Å². The van der Waals surface area contributed by atoms with Crippen LogP contribution in [0.5, 0.6) is 5.75 Å². The summed E-state index contributed by atoms with van der Waals surface area (Å²) in [5.74, 6) is 1.57. The molecular weight excluding hydrogens is 294 g/mol. The van der Waals surface area contributed by atoms with E-state index in [4.69, 9.17) is 14.2 Å². The number of rotatable bonds is 11. The molecule has 0 bridgehead atoms. The molecule has 2 N–H and O–H groups in total. The summed E-state index contributed by atoms with van der Waals surface area (Å²) in [4.78, 5) is 4.21. The van der Waals surface area contributed by atoms with E-state index in [0.717, 1.165) is 50.0 Å². The number of benzene rings is 1. The van der Waals surface area contributed by atoms with Crippen LogP contribution in [-0.2, 0) is 9.47 Å². The van der Waals surface area contributed by atoms with Gasteiger partial charge in [-0.15, -0.1) is 0 Å². The molecule has 6 heteroatoms. The molecule has 1 rings (SSSR count). The van der Waals surface area contributed by atoms with Crippen LogP contribution in [0.15, 0.2) is 29.3 Å². The van der Waals surface area contributed by atoms with Crippen molar-refractivity contribution in [2.24, 2.45) is 4.99 Å². The number of hydrogen-bond donors (Lipinski definition) is 2. The van der Waals surface area contributed by atoms with Crippen molar-refractivity contribution in [2.45, 2.75) is 19.8 Å². The van der Waals surface area contributed by atoms with Crippen LogP contribution < -0.4 is 15.4 Å². The lowest BCUT2D eigenvalue weighted by Gasteiger charge is -2.13. The predicted molar refractivity (Wildman–Crippen MR) is 94.5 cm³/mol. The number of nitrogens with zero attached hydrogens (tertiary/aromatic N) is 1. The highest BCUT2D eigenvalue weighted by atomic mass is 16.5. The first-order valence-electron chi connectivity index (χ1n) is 8.07. The van der Waals surface area contributed by atoms with E-state index >= 15 is 0 Å². The summed E-state index contributed by atoms with van der Waals surface area (Å²) in [7, 11) is 3.44. The van der Waals surface area contributed by atoms with Gasteiger partial charge < -0.3 is 24.8 Å². The Morgan fingerprint density at radius 2 is 2.04 bits per heavy atom. The fourth-order valence-corrected chi connectivity index (χ4v) is 1.90. The lowest BCUT2D eigenvalue weighted by atomic mass is 10.3. The van der Waals surface area contributed by atoms with Crippen LogP contribution in [0.4, 0.5) is 5.69 Å². The number of ether oxygens (including phenoxy) is 3. The Kier molecular flexibility index (Phi) is 10.7. The summed E-state index contributed by atoms with van der Waals surface area (Å²) in [6, 6.07) is 7.83. The van der Waals surface area contributed by atoms with E-state index in [9.17, 15) is 0 Å². The van der Waals surface area contributed by atoms with Crippen LogP contribution in [-0.4, -0.2) is 53.1 Å². The lowest BCUT2D eigenvalue weighted by molar-refractivity contribution is 0.146. The van der Waals surface area contributed by atoms with E-state index in [1.165, 1.54) is 0 Å². The summed E-state index contributed by atoms with van der Waals surface area (Å²) >= 11 is 0. The molecule has 130 valence electrons. The van der Waals surface area contributed by atoms with Crippen molar-refractivity contribution < 1.29 is 14.2 Å². The normalized spacial score (nSPS) is 11.3. The van der Waals surface area contributed by atoms with Gasteiger partial charge in [-0.3, -0.25) is 4.99 Å². The third-order valence-corrected chi connectivity index (χ3v) is 3.04. The number of hydrogen-bond acceptors (Lipinski definition) is 4. The van der Waals surface area contributed by atoms with Gasteiger partial charge in [-0.25, -0.2) is 0 Å². The minimum Gasteiger partial charge on any atom is -0.493 e. The zero-order valence-electron chi connectivity index (χ0n) is 14.4. The molecule has 0 amide bonds. The molecule has 0 aliphatic carbocycles. The van der Waals surface area contributed by atoms with Crippen molar-refractivity contribution in [3.05, 3.63) is 24.3 Å². The maximum atomic E-state index is 5.69. The first kappa shape index (κ1) is 19.3. The minimum absolute atomic E-state index is 0.641. The Bertz CT molecular complexity index is 452. The van der Waals surface area contributed by atoms with Gasteiger partial charge in [0.15, 0.2) is 5.96 Å². The molecule has 0 atom stereocenters. The Labute approximate surface area is 139 Å². The highest BCUT2D eigenvalue weighted by Gasteiger charge is 2.01. The molecule has 1 aromatic carbocycles. The highest BCUT2D eigenvalue weighted by Crippen LogP contribution is 2.17. The van der Waals surface area contributed by atoms with Gasteiger partial charge in [0.25, 0.3) is 0 Å². The molecule has 0 unspecified atom stereocenters. The molecule has 0 spiro atoms. The second-order valence-electron chi connectivity index (χ2n) is 4.90. The van der Waals surface area contributed by atoms with Crippen LogP contribution in [0.3, 0.4) is 0 Å². The maximum absolute atomic E-state index is 5.69. The minimum atomic E-state index is 0.641. The number of anilines is 1. The van der Waals surface area contributed by atoms with Crippen molar-refractivity contribution in [3.8, 4) is 5.75 Å². The molecule has 23 heavy (non-hydrogen) atoms. The van der Waals surface area contributed by atoms with E-state index in [-0.39, 0.29) is 0 Å². The zero-order chi connectivity index (χ0) is 16.8. The van der Waals surface area contributed by atoms with E-state index in [2.05, 4.69) is 15.6 Å². The van der Waals surface area contributed by atoms with Crippen molar-refractivity contribution >= 4 is 11.6 Å². The van der Waals surface area contributed by atoms with Gasteiger partial charge in [-0.2, -0.15) is 0 Å². The van der Waals surface area contributed by atoms with Crippen LogP contribution >= 0.6 is 0 Å². The number of methoxy groups -OCH3 is 1. The summed E-state index contributed by atoms with van der Waals surface area (Å²) in [5.41, 5.74) is 0.937. The van der Waals surface area contributed by atoms with Crippen LogP contribution in [0.25, 0.3) is 0 Å². The van der Waals surface area contributed by atoms with Gasteiger partial charge in [0, 0.05) is 58.7 Å². The van der Waals surface area contributed by atoms with E-state index in [1.54, 1.807) is 14.2 Å². The molecule has 0 heterocycles. The Balaban J connectivity index is 2.38. The molecular formula is C17H29N3O3. The van der Waals surface area contributed by atoms with Gasteiger partial charge >= 0.3 is 0 Å². The molecule has 0 aromatic heterocycles. The van der Waals surface area contributed by atoms with E-state index < -0.39 is 0 Å². The van der Waals surface area contributed by atoms with Crippen LogP contribution in [0, 0.1) is 0 Å². The molecule has 0 saturated carbocycles. The zero-order valence-corrected chi connectivity index (χ0v) is 14.4. The average Bonchev–Trinajstić information content (AvgIpc) is 2.58. The molecule has 6 nitrogen and oxygen atoms in total. The number of guanidine groups is 1. The van der Waals surface area contributed by atoms with Crippen LogP contribution in [0.2, 0.25) is 0 Å². The van der Waals surface area contributed by atoms with Gasteiger partial charge in [0.1, 0.15) is 5.75 Å². The first-order valence-corrected chi connectivity index (χ1v) is 8.07. The summed E-state index contributed by atoms with van der Waals surface area (Å²) in [6.07, 6.45) is 1.81. The lowest BCUT2D eigenvalue weighted by Crippen LogP contribution is -2.31. The Hall–Kier alpha value is -1.79. The molecule has 0 radical (unpaired) electrons.